The van der Waals surface area contributed by atoms with Gasteiger partial charge in [0.1, 0.15) is 17.3 Å². The Balaban J connectivity index is 1.30. The standard InChI is InChI=1S/C28H25FN6O2/c29-17-6-10-35-23(15-32-25(35)13-17)18-1-3-21(26-19(18)5-9-31-27(26)36)33-24-4-2-20-22(34-24)14-30-16-28(20)7-11-37-12-8-28/h1-6,9-10,13,15,30H,7-8,11-12,14,16H2,(H,31,36)(H,33,34). The van der Waals surface area contributed by atoms with E-state index in [2.05, 4.69) is 26.7 Å². The summed E-state index contributed by atoms with van der Waals surface area (Å²) in [6.45, 7) is 3.19. The van der Waals surface area contributed by atoms with E-state index in [0.29, 0.717) is 29.1 Å². The van der Waals surface area contributed by atoms with Crippen LogP contribution in [-0.2, 0) is 16.7 Å². The molecule has 0 atom stereocenters. The molecule has 186 valence electrons. The Labute approximate surface area is 211 Å². The van der Waals surface area contributed by atoms with E-state index < -0.39 is 0 Å². The van der Waals surface area contributed by atoms with Gasteiger partial charge in [0, 0.05) is 61.1 Å². The number of anilines is 2. The van der Waals surface area contributed by atoms with Gasteiger partial charge in [-0.25, -0.2) is 14.4 Å². The van der Waals surface area contributed by atoms with Crippen LogP contribution < -0.4 is 16.2 Å². The highest BCUT2D eigenvalue weighted by atomic mass is 19.1. The summed E-state index contributed by atoms with van der Waals surface area (Å²) in [6.07, 6.45) is 6.95. The summed E-state index contributed by atoms with van der Waals surface area (Å²) in [6, 6.07) is 12.7. The van der Waals surface area contributed by atoms with E-state index >= 15 is 0 Å². The van der Waals surface area contributed by atoms with Gasteiger partial charge in [-0.1, -0.05) is 12.1 Å². The van der Waals surface area contributed by atoms with Gasteiger partial charge in [-0.3, -0.25) is 9.20 Å². The smallest absolute Gasteiger partial charge is 0.257 e. The van der Waals surface area contributed by atoms with E-state index in [-0.39, 0.29) is 16.8 Å². The number of aromatic amines is 1. The maximum atomic E-state index is 13.7. The molecule has 0 amide bonds. The fourth-order valence-corrected chi connectivity index (χ4v) is 5.84. The molecule has 2 aliphatic rings. The first-order valence-corrected chi connectivity index (χ1v) is 12.4. The summed E-state index contributed by atoms with van der Waals surface area (Å²) in [7, 11) is 0. The topological polar surface area (TPSA) is 96.3 Å². The van der Waals surface area contributed by atoms with Gasteiger partial charge in [0.25, 0.3) is 5.56 Å². The van der Waals surface area contributed by atoms with Crippen molar-refractivity contribution in [2.75, 3.05) is 25.1 Å². The Morgan fingerprint density at radius 1 is 1.11 bits per heavy atom. The van der Waals surface area contributed by atoms with Crippen molar-refractivity contribution in [1.82, 2.24) is 24.7 Å². The monoisotopic (exact) mass is 496 g/mol. The molecule has 4 aromatic heterocycles. The maximum absolute atomic E-state index is 13.7. The zero-order valence-electron chi connectivity index (χ0n) is 20.1. The fraction of sp³-hybridized carbons (Fsp3) is 0.250. The predicted molar refractivity (Wildman–Crippen MR) is 140 cm³/mol. The molecule has 0 aliphatic carbocycles. The molecule has 5 aromatic rings. The number of nitrogens with one attached hydrogen (secondary N) is 3. The zero-order valence-corrected chi connectivity index (χ0v) is 20.1. The normalized spacial score (nSPS) is 16.8. The lowest BCUT2D eigenvalue weighted by molar-refractivity contribution is 0.0468. The van der Waals surface area contributed by atoms with Crippen molar-refractivity contribution in [3.63, 3.8) is 0 Å². The van der Waals surface area contributed by atoms with Crippen LogP contribution in [0.4, 0.5) is 15.9 Å². The SMILES string of the molecule is O=c1[nH]ccc2c(-c3cnc4cc(F)ccn34)ccc(Nc3ccc4c(n3)CNCC43CCOCC3)c12. The molecule has 1 aromatic carbocycles. The molecule has 1 spiro atoms. The fourth-order valence-electron chi connectivity index (χ4n) is 5.84. The first kappa shape index (κ1) is 22.1. The van der Waals surface area contributed by atoms with Crippen molar-refractivity contribution in [2.45, 2.75) is 24.8 Å². The zero-order chi connectivity index (χ0) is 25.0. The Bertz CT molecular complexity index is 1720. The molecule has 37 heavy (non-hydrogen) atoms. The number of fused-ring (bicyclic) bond motifs is 4. The number of imidazole rings is 1. The van der Waals surface area contributed by atoms with Gasteiger partial charge >= 0.3 is 0 Å². The summed E-state index contributed by atoms with van der Waals surface area (Å²) in [4.78, 5) is 25.1. The number of ether oxygens (including phenoxy) is 1. The van der Waals surface area contributed by atoms with Crippen LogP contribution in [0.2, 0.25) is 0 Å². The van der Waals surface area contributed by atoms with Crippen molar-refractivity contribution in [3.05, 3.63) is 88.5 Å². The van der Waals surface area contributed by atoms with E-state index in [0.717, 1.165) is 54.9 Å². The van der Waals surface area contributed by atoms with Crippen LogP contribution in [-0.4, -0.2) is 39.1 Å². The highest BCUT2D eigenvalue weighted by Gasteiger charge is 2.38. The highest BCUT2D eigenvalue weighted by Crippen LogP contribution is 2.39. The van der Waals surface area contributed by atoms with Crippen LogP contribution in [0.5, 0.6) is 0 Å². The van der Waals surface area contributed by atoms with E-state index in [1.807, 2.05) is 28.7 Å². The van der Waals surface area contributed by atoms with Gasteiger partial charge in [-0.05, 0) is 42.7 Å². The van der Waals surface area contributed by atoms with Gasteiger partial charge in [0.15, 0.2) is 0 Å². The molecule has 9 heteroatoms. The number of hydrogen-bond acceptors (Lipinski definition) is 6. The average molecular weight is 497 g/mol. The summed E-state index contributed by atoms with van der Waals surface area (Å²) in [5, 5.41) is 8.22. The van der Waals surface area contributed by atoms with Crippen LogP contribution >= 0.6 is 0 Å². The molecule has 8 nitrogen and oxygen atoms in total. The Kier molecular flexibility index (Phi) is 5.09. The van der Waals surface area contributed by atoms with Crippen LogP contribution in [0.3, 0.4) is 0 Å². The number of pyridine rings is 3. The number of benzene rings is 1. The minimum Gasteiger partial charge on any atom is -0.381 e. The first-order valence-electron chi connectivity index (χ1n) is 12.4. The average Bonchev–Trinajstić information content (AvgIpc) is 3.32. The van der Waals surface area contributed by atoms with E-state index in [1.165, 1.54) is 17.7 Å². The number of H-pyrrole nitrogens is 1. The second-order valence-electron chi connectivity index (χ2n) is 9.78. The lowest BCUT2D eigenvalue weighted by Crippen LogP contribution is -2.47. The third-order valence-electron chi connectivity index (χ3n) is 7.70. The second kappa shape index (κ2) is 8.50. The van der Waals surface area contributed by atoms with Crippen molar-refractivity contribution in [2.24, 2.45) is 0 Å². The van der Waals surface area contributed by atoms with E-state index in [4.69, 9.17) is 9.72 Å². The third kappa shape index (κ3) is 3.61. The molecule has 0 radical (unpaired) electrons. The van der Waals surface area contributed by atoms with Gasteiger partial charge in [0.2, 0.25) is 0 Å². The molecule has 6 heterocycles. The predicted octanol–water partition coefficient (Wildman–Crippen LogP) is 4.27. The summed E-state index contributed by atoms with van der Waals surface area (Å²) in [5.41, 5.74) is 4.96. The summed E-state index contributed by atoms with van der Waals surface area (Å²) < 4.78 is 21.1. The highest BCUT2D eigenvalue weighted by molar-refractivity contribution is 6.03. The first-order chi connectivity index (χ1) is 18.1. The van der Waals surface area contributed by atoms with Crippen LogP contribution in [0.15, 0.2) is 65.8 Å². The quantitative estimate of drug-likeness (QED) is 0.345. The summed E-state index contributed by atoms with van der Waals surface area (Å²) >= 11 is 0. The Morgan fingerprint density at radius 3 is 2.89 bits per heavy atom. The minimum atomic E-state index is -0.346. The lowest BCUT2D eigenvalue weighted by Gasteiger charge is -2.41. The molecule has 2 aliphatic heterocycles. The van der Waals surface area contributed by atoms with Crippen molar-refractivity contribution >= 4 is 27.9 Å². The molecule has 0 bridgehead atoms. The van der Waals surface area contributed by atoms with Crippen LogP contribution in [0.1, 0.15) is 24.1 Å². The van der Waals surface area contributed by atoms with Crippen LogP contribution in [0, 0.1) is 5.82 Å². The Hall–Kier alpha value is -4.08. The van der Waals surface area contributed by atoms with Crippen LogP contribution in [0.25, 0.3) is 27.7 Å². The maximum Gasteiger partial charge on any atom is 0.257 e. The van der Waals surface area contributed by atoms with Crippen molar-refractivity contribution in [1.29, 1.82) is 0 Å². The molecular weight excluding hydrogens is 471 g/mol. The van der Waals surface area contributed by atoms with Gasteiger partial charge in [-0.15, -0.1) is 0 Å². The van der Waals surface area contributed by atoms with Crippen molar-refractivity contribution in [3.8, 4) is 11.3 Å². The lowest BCUT2D eigenvalue weighted by atomic mass is 9.72. The molecule has 0 unspecified atom stereocenters. The molecule has 7 rings (SSSR count). The number of nitrogens with zero attached hydrogens (tertiary/aromatic N) is 3. The number of aromatic nitrogens is 4. The molecule has 1 fully saturated rings. The van der Waals surface area contributed by atoms with Crippen molar-refractivity contribution < 1.29 is 9.13 Å². The number of hydrogen-bond donors (Lipinski definition) is 3. The van der Waals surface area contributed by atoms with Gasteiger partial charge in [-0.2, -0.15) is 0 Å². The number of rotatable bonds is 3. The van der Waals surface area contributed by atoms with Gasteiger partial charge in [0.05, 0.1) is 28.7 Å². The largest absolute Gasteiger partial charge is 0.381 e. The third-order valence-corrected chi connectivity index (χ3v) is 7.70. The Morgan fingerprint density at radius 2 is 2.00 bits per heavy atom. The summed E-state index contributed by atoms with van der Waals surface area (Å²) in [5.74, 6) is 0.341. The molecule has 1 saturated heterocycles. The van der Waals surface area contributed by atoms with E-state index in [1.54, 1.807) is 18.6 Å². The van der Waals surface area contributed by atoms with Gasteiger partial charge < -0.3 is 20.4 Å². The molecule has 0 saturated carbocycles. The molecular formula is C28H25FN6O2. The van der Waals surface area contributed by atoms with E-state index in [9.17, 15) is 9.18 Å². The number of halogens is 1. The minimum absolute atomic E-state index is 0.0692. The molecule has 3 N–H and O–H groups in total. The second-order valence-corrected chi connectivity index (χ2v) is 9.78.